The maximum absolute atomic E-state index is 13.1. The topological polar surface area (TPSA) is 101 Å². The van der Waals surface area contributed by atoms with Crippen molar-refractivity contribution in [2.45, 2.75) is 33.2 Å². The molecule has 1 amide bonds. The van der Waals surface area contributed by atoms with E-state index in [2.05, 4.69) is 20.2 Å². The fourth-order valence-corrected chi connectivity index (χ4v) is 4.43. The van der Waals surface area contributed by atoms with Crippen LogP contribution in [0.1, 0.15) is 38.7 Å². The van der Waals surface area contributed by atoms with Crippen molar-refractivity contribution in [2.75, 3.05) is 12.3 Å². The van der Waals surface area contributed by atoms with Crippen LogP contribution in [-0.2, 0) is 13.0 Å². The monoisotopic (exact) mass is 342 g/mol. The molecule has 7 nitrogen and oxygen atoms in total. The van der Waals surface area contributed by atoms with E-state index in [1.165, 1.54) is 11.3 Å². The van der Waals surface area contributed by atoms with E-state index in [9.17, 15) is 4.79 Å². The molecule has 24 heavy (non-hydrogen) atoms. The second kappa shape index (κ2) is 5.55. The minimum Gasteiger partial charge on any atom is -0.383 e. The highest BCUT2D eigenvalue weighted by Crippen LogP contribution is 2.34. The van der Waals surface area contributed by atoms with Gasteiger partial charge < -0.3 is 10.6 Å². The zero-order chi connectivity index (χ0) is 16.8. The summed E-state index contributed by atoms with van der Waals surface area (Å²) in [6.07, 6.45) is 3.65. The van der Waals surface area contributed by atoms with Crippen LogP contribution in [0.15, 0.2) is 6.20 Å². The van der Waals surface area contributed by atoms with Crippen molar-refractivity contribution >= 4 is 33.3 Å². The Kier molecular flexibility index (Phi) is 3.49. The van der Waals surface area contributed by atoms with Gasteiger partial charge in [-0.2, -0.15) is 5.10 Å². The van der Waals surface area contributed by atoms with Gasteiger partial charge >= 0.3 is 0 Å². The van der Waals surface area contributed by atoms with Crippen LogP contribution in [0.25, 0.3) is 10.2 Å². The molecule has 0 spiro atoms. The second-order valence-corrected chi connectivity index (χ2v) is 7.10. The largest absolute Gasteiger partial charge is 0.383 e. The number of thiophene rings is 1. The highest BCUT2D eigenvalue weighted by atomic mass is 32.1. The van der Waals surface area contributed by atoms with Crippen molar-refractivity contribution in [1.29, 1.82) is 0 Å². The van der Waals surface area contributed by atoms with Gasteiger partial charge in [-0.05, 0) is 32.3 Å². The van der Waals surface area contributed by atoms with Gasteiger partial charge in [-0.3, -0.25) is 9.89 Å². The molecule has 0 saturated heterocycles. The molecule has 0 atom stereocenters. The number of rotatable bonds is 1. The Hall–Kier alpha value is -2.48. The molecule has 8 heteroatoms. The minimum absolute atomic E-state index is 0.0293. The Labute approximate surface area is 142 Å². The Balaban J connectivity index is 1.73. The molecule has 0 fully saturated rings. The number of aromatic amines is 1. The minimum atomic E-state index is 0.0293. The molecule has 0 bridgehead atoms. The van der Waals surface area contributed by atoms with E-state index in [0.717, 1.165) is 46.4 Å². The molecule has 0 unspecified atom stereocenters. The van der Waals surface area contributed by atoms with Crippen LogP contribution in [-0.4, -0.2) is 37.5 Å². The molecule has 1 aliphatic rings. The highest BCUT2D eigenvalue weighted by molar-refractivity contribution is 7.20. The third-order valence-electron chi connectivity index (χ3n) is 4.43. The zero-order valence-corrected chi connectivity index (χ0v) is 14.4. The van der Waals surface area contributed by atoms with Gasteiger partial charge in [0.2, 0.25) is 0 Å². The lowest BCUT2D eigenvalue weighted by atomic mass is 10.2. The normalized spacial score (nSPS) is 14.7. The number of anilines is 1. The summed E-state index contributed by atoms with van der Waals surface area (Å²) in [5.74, 6) is 1.10. The maximum atomic E-state index is 13.1. The molecule has 3 aromatic rings. The fourth-order valence-electron chi connectivity index (χ4n) is 3.22. The molecule has 4 rings (SSSR count). The number of hydrogen-bond donors (Lipinski definition) is 2. The van der Waals surface area contributed by atoms with E-state index in [1.807, 2.05) is 24.9 Å². The average molecular weight is 342 g/mol. The van der Waals surface area contributed by atoms with Crippen molar-refractivity contribution in [1.82, 2.24) is 25.1 Å². The number of hydrogen-bond acceptors (Lipinski definition) is 6. The molecular weight excluding hydrogens is 324 g/mol. The average Bonchev–Trinajstić information content (AvgIpc) is 3.04. The third kappa shape index (κ3) is 2.34. The van der Waals surface area contributed by atoms with Crippen LogP contribution >= 0.6 is 11.3 Å². The van der Waals surface area contributed by atoms with Gasteiger partial charge in [0.25, 0.3) is 5.91 Å². The maximum Gasteiger partial charge on any atom is 0.264 e. The first-order chi connectivity index (χ1) is 11.5. The molecule has 4 heterocycles. The standard InChI is InChI=1S/C16H18N6OS/c1-8-12-14(17)19-9(2)20-15(12)24-13(8)16(23)22-5-3-4-11-10(7-22)6-18-21-11/h6H,3-5,7H2,1-2H3,(H,18,21)(H2,17,19,20). The molecule has 3 N–H and O–H groups in total. The summed E-state index contributed by atoms with van der Waals surface area (Å²) in [4.78, 5) is 25.1. The quantitative estimate of drug-likeness (QED) is 0.706. The number of carbonyl (C=O) groups excluding carboxylic acids is 1. The predicted octanol–water partition coefficient (Wildman–Crippen LogP) is 2.20. The molecule has 0 radical (unpaired) electrons. The van der Waals surface area contributed by atoms with Crippen LogP contribution in [0.4, 0.5) is 5.82 Å². The van der Waals surface area contributed by atoms with E-state index in [1.54, 1.807) is 0 Å². The number of nitrogens with two attached hydrogens (primary N) is 1. The number of H-pyrrole nitrogens is 1. The number of nitrogens with zero attached hydrogens (tertiary/aromatic N) is 4. The number of aromatic nitrogens is 4. The van der Waals surface area contributed by atoms with Gasteiger partial charge in [-0.15, -0.1) is 11.3 Å². The Morgan fingerprint density at radius 2 is 2.21 bits per heavy atom. The summed E-state index contributed by atoms with van der Waals surface area (Å²) in [5.41, 5.74) is 9.13. The van der Waals surface area contributed by atoms with Crippen LogP contribution < -0.4 is 5.73 Å². The van der Waals surface area contributed by atoms with E-state index in [0.29, 0.717) is 23.1 Å². The van der Waals surface area contributed by atoms with Gasteiger partial charge in [-0.25, -0.2) is 9.97 Å². The molecule has 1 aliphatic heterocycles. The van der Waals surface area contributed by atoms with E-state index < -0.39 is 0 Å². The third-order valence-corrected chi connectivity index (χ3v) is 5.61. The van der Waals surface area contributed by atoms with Crippen LogP contribution in [0, 0.1) is 13.8 Å². The van der Waals surface area contributed by atoms with Crippen LogP contribution in [0.3, 0.4) is 0 Å². The van der Waals surface area contributed by atoms with Gasteiger partial charge in [0.05, 0.1) is 16.5 Å². The van der Waals surface area contributed by atoms with Gasteiger partial charge in [0, 0.05) is 24.3 Å². The summed E-state index contributed by atoms with van der Waals surface area (Å²) >= 11 is 1.40. The first-order valence-electron chi connectivity index (χ1n) is 7.88. The number of aryl methyl sites for hydroxylation is 3. The van der Waals surface area contributed by atoms with Gasteiger partial charge in [0.15, 0.2) is 0 Å². The van der Waals surface area contributed by atoms with E-state index in [-0.39, 0.29) is 5.91 Å². The molecule has 0 aliphatic carbocycles. The zero-order valence-electron chi connectivity index (χ0n) is 13.6. The summed E-state index contributed by atoms with van der Waals surface area (Å²) in [6.45, 7) is 5.04. The Bertz CT molecular complexity index is 944. The van der Waals surface area contributed by atoms with Crippen LogP contribution in [0.5, 0.6) is 0 Å². The lowest BCUT2D eigenvalue weighted by Gasteiger charge is -2.20. The molecular formula is C16H18N6OS. The number of nitrogens with one attached hydrogen (secondary N) is 1. The van der Waals surface area contributed by atoms with E-state index >= 15 is 0 Å². The fraction of sp³-hybridized carbons (Fsp3) is 0.375. The van der Waals surface area contributed by atoms with Crippen molar-refractivity contribution in [3.05, 3.63) is 33.7 Å². The van der Waals surface area contributed by atoms with Crippen molar-refractivity contribution < 1.29 is 4.79 Å². The first-order valence-corrected chi connectivity index (χ1v) is 8.70. The number of nitrogen functional groups attached to an aromatic ring is 1. The molecule has 3 aromatic heterocycles. The summed E-state index contributed by atoms with van der Waals surface area (Å²) in [5, 5.41) is 7.91. The molecule has 124 valence electrons. The highest BCUT2D eigenvalue weighted by Gasteiger charge is 2.26. The van der Waals surface area contributed by atoms with Crippen molar-refractivity contribution in [2.24, 2.45) is 0 Å². The van der Waals surface area contributed by atoms with Crippen molar-refractivity contribution in [3.63, 3.8) is 0 Å². The van der Waals surface area contributed by atoms with E-state index in [4.69, 9.17) is 5.73 Å². The molecule has 0 aromatic carbocycles. The summed E-state index contributed by atoms with van der Waals surface area (Å²) in [7, 11) is 0. The van der Waals surface area contributed by atoms with Gasteiger partial charge in [0.1, 0.15) is 16.5 Å². The SMILES string of the molecule is Cc1nc(N)c2c(C)c(C(=O)N3CCCc4[nH]ncc4C3)sc2n1. The lowest BCUT2D eigenvalue weighted by Crippen LogP contribution is -2.30. The number of amides is 1. The summed E-state index contributed by atoms with van der Waals surface area (Å²) in [6, 6.07) is 0. The number of carbonyl (C=O) groups is 1. The first kappa shape index (κ1) is 15.1. The second-order valence-electron chi connectivity index (χ2n) is 6.10. The van der Waals surface area contributed by atoms with Crippen molar-refractivity contribution in [3.8, 4) is 0 Å². The number of fused-ring (bicyclic) bond motifs is 2. The smallest absolute Gasteiger partial charge is 0.264 e. The Morgan fingerprint density at radius 1 is 1.38 bits per heavy atom. The lowest BCUT2D eigenvalue weighted by molar-refractivity contribution is 0.0750. The van der Waals surface area contributed by atoms with Gasteiger partial charge in [-0.1, -0.05) is 0 Å². The predicted molar refractivity (Wildman–Crippen MR) is 93.0 cm³/mol. The Morgan fingerprint density at radius 3 is 3.04 bits per heavy atom. The molecule has 0 saturated carbocycles. The summed E-state index contributed by atoms with van der Waals surface area (Å²) < 4.78 is 0. The van der Waals surface area contributed by atoms with Crippen LogP contribution in [0.2, 0.25) is 0 Å².